The molecule has 3 aromatic rings. The van der Waals surface area contributed by atoms with E-state index < -0.39 is 0 Å². The number of anilines is 2. The number of hydrogen-bond donors (Lipinski definition) is 6. The Hall–Kier alpha value is -3.48. The third-order valence-electron chi connectivity index (χ3n) is 3.54. The van der Waals surface area contributed by atoms with Gasteiger partial charge in [0.2, 0.25) is 0 Å². The molecule has 118 valence electrons. The number of nitrogen functional groups attached to an aromatic ring is 2. The summed E-state index contributed by atoms with van der Waals surface area (Å²) in [6.07, 6.45) is 2.81. The molecule has 7 nitrogen and oxygen atoms in total. The summed E-state index contributed by atoms with van der Waals surface area (Å²) in [4.78, 5) is 0. The zero-order chi connectivity index (χ0) is 16.7. The summed E-state index contributed by atoms with van der Waals surface area (Å²) in [5, 5.41) is 38.3. The molecule has 0 spiro atoms. The predicted molar refractivity (Wildman–Crippen MR) is 85.1 cm³/mol. The smallest absolute Gasteiger partial charge is 0.159 e. The van der Waals surface area contributed by atoms with Crippen LogP contribution in [-0.4, -0.2) is 20.4 Å². The van der Waals surface area contributed by atoms with E-state index in [4.69, 9.17) is 15.9 Å². The number of aromatic hydroxyl groups is 4. The SMILES string of the molecule is Nc1cc(O)c(O)cc1-c1cocc1-c1cc(O)c(O)cc1N. The maximum atomic E-state index is 9.69. The Kier molecular flexibility index (Phi) is 3.18. The van der Waals surface area contributed by atoms with Gasteiger partial charge in [-0.15, -0.1) is 0 Å². The number of phenols is 4. The van der Waals surface area contributed by atoms with Crippen molar-refractivity contribution in [2.45, 2.75) is 0 Å². The Morgan fingerprint density at radius 2 is 0.913 bits per heavy atom. The van der Waals surface area contributed by atoms with Gasteiger partial charge in [0.15, 0.2) is 23.0 Å². The van der Waals surface area contributed by atoms with Crippen LogP contribution in [0.15, 0.2) is 41.2 Å². The van der Waals surface area contributed by atoms with Crippen LogP contribution in [0.25, 0.3) is 22.3 Å². The van der Waals surface area contributed by atoms with Crippen molar-refractivity contribution in [2.24, 2.45) is 0 Å². The predicted octanol–water partition coefficient (Wildman–Crippen LogP) is 2.60. The summed E-state index contributed by atoms with van der Waals surface area (Å²) in [5.74, 6) is -1.33. The Balaban J connectivity index is 2.22. The summed E-state index contributed by atoms with van der Waals surface area (Å²) in [6, 6.07) is 5.04. The van der Waals surface area contributed by atoms with Crippen molar-refractivity contribution in [2.75, 3.05) is 11.5 Å². The molecule has 1 aromatic heterocycles. The molecule has 8 N–H and O–H groups in total. The highest BCUT2D eigenvalue weighted by Gasteiger charge is 2.18. The lowest BCUT2D eigenvalue weighted by molar-refractivity contribution is 0.404. The van der Waals surface area contributed by atoms with E-state index in [1.165, 1.54) is 36.8 Å². The van der Waals surface area contributed by atoms with Gasteiger partial charge in [0, 0.05) is 45.8 Å². The van der Waals surface area contributed by atoms with Gasteiger partial charge in [-0.2, -0.15) is 0 Å². The highest BCUT2D eigenvalue weighted by Crippen LogP contribution is 2.44. The first kappa shape index (κ1) is 14.5. The molecule has 0 aliphatic heterocycles. The summed E-state index contributed by atoms with van der Waals surface area (Å²) in [6.45, 7) is 0. The average molecular weight is 314 g/mol. The Morgan fingerprint density at radius 3 is 1.30 bits per heavy atom. The summed E-state index contributed by atoms with van der Waals surface area (Å²) in [5.41, 5.74) is 14.1. The number of hydrogen-bond acceptors (Lipinski definition) is 7. The van der Waals surface area contributed by atoms with Gasteiger partial charge in [-0.3, -0.25) is 0 Å². The number of rotatable bonds is 2. The van der Waals surface area contributed by atoms with Crippen molar-refractivity contribution in [1.82, 2.24) is 0 Å². The maximum absolute atomic E-state index is 9.69. The van der Waals surface area contributed by atoms with Crippen LogP contribution in [0.3, 0.4) is 0 Å². The lowest BCUT2D eigenvalue weighted by atomic mass is 9.96. The second-order valence-electron chi connectivity index (χ2n) is 5.06. The van der Waals surface area contributed by atoms with Crippen molar-refractivity contribution in [3.8, 4) is 45.3 Å². The molecule has 0 bridgehead atoms. The molecule has 0 fully saturated rings. The lowest BCUT2D eigenvalue weighted by Crippen LogP contribution is -1.93. The van der Waals surface area contributed by atoms with Gasteiger partial charge in [0.1, 0.15) is 0 Å². The van der Waals surface area contributed by atoms with E-state index in [-0.39, 0.29) is 34.4 Å². The van der Waals surface area contributed by atoms with Crippen LogP contribution in [0.2, 0.25) is 0 Å². The molecule has 0 saturated carbocycles. The van der Waals surface area contributed by atoms with Crippen molar-refractivity contribution >= 4 is 11.4 Å². The Labute approximate surface area is 130 Å². The van der Waals surface area contributed by atoms with Crippen LogP contribution >= 0.6 is 0 Å². The van der Waals surface area contributed by atoms with Crippen molar-refractivity contribution in [3.63, 3.8) is 0 Å². The molecule has 2 aromatic carbocycles. The third kappa shape index (κ3) is 2.34. The maximum Gasteiger partial charge on any atom is 0.159 e. The van der Waals surface area contributed by atoms with Gasteiger partial charge in [0.05, 0.1) is 12.5 Å². The van der Waals surface area contributed by atoms with Crippen LogP contribution in [0.5, 0.6) is 23.0 Å². The number of furan rings is 1. The quantitative estimate of drug-likeness (QED) is 0.242. The van der Waals surface area contributed by atoms with Crippen LogP contribution in [-0.2, 0) is 0 Å². The molecule has 7 heteroatoms. The minimum absolute atomic E-state index is 0.226. The van der Waals surface area contributed by atoms with E-state index >= 15 is 0 Å². The zero-order valence-corrected chi connectivity index (χ0v) is 11.8. The molecule has 0 saturated heterocycles. The number of nitrogens with two attached hydrogens (primary N) is 2. The molecule has 0 amide bonds. The average Bonchev–Trinajstić information content (AvgIpc) is 2.95. The second kappa shape index (κ2) is 5.06. The molecule has 1 heterocycles. The highest BCUT2D eigenvalue weighted by atomic mass is 16.3. The topological polar surface area (TPSA) is 146 Å². The summed E-state index contributed by atoms with van der Waals surface area (Å²) >= 11 is 0. The summed E-state index contributed by atoms with van der Waals surface area (Å²) < 4.78 is 5.21. The van der Waals surface area contributed by atoms with Crippen molar-refractivity contribution in [3.05, 3.63) is 36.8 Å². The van der Waals surface area contributed by atoms with E-state index in [1.807, 2.05) is 0 Å². The molecular weight excluding hydrogens is 300 g/mol. The fraction of sp³-hybridized carbons (Fsp3) is 0. The van der Waals surface area contributed by atoms with Crippen LogP contribution in [0.1, 0.15) is 0 Å². The number of phenolic OH excluding ortho intramolecular Hbond substituents is 4. The standard InChI is InChI=1S/C16H14N2O5/c17-11-3-15(21)13(19)1-7(11)9-5-23-6-10(9)8-2-14(20)16(22)4-12(8)18/h1-6,19-22H,17-18H2. The first-order chi connectivity index (χ1) is 10.9. The highest BCUT2D eigenvalue weighted by molar-refractivity contribution is 5.93. The molecule has 0 radical (unpaired) electrons. The first-order valence-electron chi connectivity index (χ1n) is 6.58. The van der Waals surface area contributed by atoms with Crippen molar-refractivity contribution < 1.29 is 24.8 Å². The normalized spacial score (nSPS) is 10.8. The Morgan fingerprint density at radius 1 is 0.565 bits per heavy atom. The minimum Gasteiger partial charge on any atom is -0.504 e. The molecule has 3 rings (SSSR count). The fourth-order valence-electron chi connectivity index (χ4n) is 2.37. The molecule has 0 atom stereocenters. The first-order valence-corrected chi connectivity index (χ1v) is 6.58. The molecule has 0 aliphatic rings. The zero-order valence-electron chi connectivity index (χ0n) is 11.8. The Bertz CT molecular complexity index is 830. The molecule has 0 aliphatic carbocycles. The second-order valence-corrected chi connectivity index (χ2v) is 5.06. The minimum atomic E-state index is -0.335. The van der Waals surface area contributed by atoms with Gasteiger partial charge in [-0.05, 0) is 12.1 Å². The van der Waals surface area contributed by atoms with Gasteiger partial charge >= 0.3 is 0 Å². The van der Waals surface area contributed by atoms with E-state index in [1.54, 1.807) is 0 Å². The van der Waals surface area contributed by atoms with Crippen LogP contribution in [0.4, 0.5) is 11.4 Å². The van der Waals surface area contributed by atoms with Gasteiger partial charge < -0.3 is 36.3 Å². The van der Waals surface area contributed by atoms with Crippen LogP contribution in [0, 0.1) is 0 Å². The fourth-order valence-corrected chi connectivity index (χ4v) is 2.37. The van der Waals surface area contributed by atoms with E-state index in [9.17, 15) is 20.4 Å². The lowest BCUT2D eigenvalue weighted by Gasteiger charge is -2.11. The van der Waals surface area contributed by atoms with E-state index in [2.05, 4.69) is 0 Å². The van der Waals surface area contributed by atoms with E-state index in [0.717, 1.165) is 0 Å². The molecular formula is C16H14N2O5. The summed E-state index contributed by atoms with van der Waals surface area (Å²) in [7, 11) is 0. The molecule has 23 heavy (non-hydrogen) atoms. The molecule has 0 unspecified atom stereocenters. The van der Waals surface area contributed by atoms with Crippen LogP contribution < -0.4 is 11.5 Å². The third-order valence-corrected chi connectivity index (χ3v) is 3.54. The van der Waals surface area contributed by atoms with E-state index in [0.29, 0.717) is 22.3 Å². The largest absolute Gasteiger partial charge is 0.504 e. The van der Waals surface area contributed by atoms with Gasteiger partial charge in [-0.25, -0.2) is 0 Å². The monoisotopic (exact) mass is 314 g/mol. The van der Waals surface area contributed by atoms with Gasteiger partial charge in [0.25, 0.3) is 0 Å². The number of benzene rings is 2. The van der Waals surface area contributed by atoms with Gasteiger partial charge in [-0.1, -0.05) is 0 Å². The van der Waals surface area contributed by atoms with Crippen molar-refractivity contribution in [1.29, 1.82) is 0 Å².